The topological polar surface area (TPSA) is 54.9 Å². The highest BCUT2D eigenvalue weighted by Gasteiger charge is 2.27. The normalized spacial score (nSPS) is 11.6. The number of alkyl halides is 3. The molecular weight excluding hydrogens is 462 g/mol. The van der Waals surface area contributed by atoms with Crippen LogP contribution in [0.4, 0.5) is 13.2 Å². The van der Waals surface area contributed by atoms with Gasteiger partial charge in [0.15, 0.2) is 5.96 Å². The number of halogens is 4. The Morgan fingerprint density at radius 3 is 2.46 bits per heavy atom. The van der Waals surface area contributed by atoms with E-state index in [1.165, 1.54) is 0 Å². The molecule has 0 fully saturated rings. The Bertz CT molecular complexity index is 488. The predicted molar refractivity (Wildman–Crippen MR) is 107 cm³/mol. The van der Waals surface area contributed by atoms with Gasteiger partial charge in [0.2, 0.25) is 0 Å². The lowest BCUT2D eigenvalue weighted by Crippen LogP contribution is -2.38. The molecular formula is C17H27F3IN3O2. The second-order valence-electron chi connectivity index (χ2n) is 5.22. The highest BCUT2D eigenvalue weighted by atomic mass is 127. The van der Waals surface area contributed by atoms with Crippen LogP contribution in [0.3, 0.4) is 0 Å². The van der Waals surface area contributed by atoms with Crippen LogP contribution in [0.5, 0.6) is 5.75 Å². The summed E-state index contributed by atoms with van der Waals surface area (Å²) in [6.07, 6.45) is -3.04. The molecule has 9 heteroatoms. The van der Waals surface area contributed by atoms with Crippen LogP contribution in [0.1, 0.15) is 19.8 Å². The van der Waals surface area contributed by atoms with E-state index in [0.29, 0.717) is 38.6 Å². The van der Waals surface area contributed by atoms with Crippen LogP contribution in [-0.2, 0) is 4.74 Å². The Balaban J connectivity index is 0.00000625. The SMILES string of the molecule is CCNC(=NCCCOc1ccccc1)NCCCOCC(F)(F)F.I. The second kappa shape index (κ2) is 14.9. The lowest BCUT2D eigenvalue weighted by molar-refractivity contribution is -0.173. The number of nitrogens with one attached hydrogen (secondary N) is 2. The van der Waals surface area contributed by atoms with Crippen LogP contribution >= 0.6 is 24.0 Å². The molecule has 0 amide bonds. The molecule has 1 rings (SSSR count). The van der Waals surface area contributed by atoms with Crippen molar-refractivity contribution in [3.63, 3.8) is 0 Å². The van der Waals surface area contributed by atoms with E-state index in [0.717, 1.165) is 12.2 Å². The molecule has 0 heterocycles. The van der Waals surface area contributed by atoms with Crippen LogP contribution < -0.4 is 15.4 Å². The van der Waals surface area contributed by atoms with Crippen molar-refractivity contribution in [1.29, 1.82) is 0 Å². The fourth-order valence-corrected chi connectivity index (χ4v) is 1.87. The number of ether oxygens (including phenoxy) is 2. The summed E-state index contributed by atoms with van der Waals surface area (Å²) < 4.78 is 45.9. The third-order valence-electron chi connectivity index (χ3n) is 2.95. The zero-order chi connectivity index (χ0) is 18.4. The molecule has 0 spiro atoms. The first kappa shape index (κ1) is 24.8. The van der Waals surface area contributed by atoms with Crippen molar-refractivity contribution in [2.75, 3.05) is 39.5 Å². The number of hydrogen-bond acceptors (Lipinski definition) is 3. The molecule has 0 aromatic heterocycles. The van der Waals surface area contributed by atoms with Crippen molar-refractivity contribution < 1.29 is 22.6 Å². The van der Waals surface area contributed by atoms with Crippen LogP contribution in [0, 0.1) is 0 Å². The summed E-state index contributed by atoms with van der Waals surface area (Å²) in [6.45, 7) is 3.15. The van der Waals surface area contributed by atoms with E-state index < -0.39 is 12.8 Å². The lowest BCUT2D eigenvalue weighted by Gasteiger charge is -2.12. The van der Waals surface area contributed by atoms with Gasteiger partial charge in [-0.05, 0) is 25.5 Å². The summed E-state index contributed by atoms with van der Waals surface area (Å²) in [5.74, 6) is 1.47. The lowest BCUT2D eigenvalue weighted by atomic mass is 10.3. The van der Waals surface area contributed by atoms with Gasteiger partial charge < -0.3 is 20.1 Å². The molecule has 0 aliphatic carbocycles. The summed E-state index contributed by atoms with van der Waals surface area (Å²) in [6, 6.07) is 9.56. The molecule has 0 saturated heterocycles. The fourth-order valence-electron chi connectivity index (χ4n) is 1.87. The average Bonchev–Trinajstić information content (AvgIpc) is 2.57. The molecule has 0 aliphatic heterocycles. The Hall–Kier alpha value is -1.23. The Morgan fingerprint density at radius 1 is 1.08 bits per heavy atom. The maximum atomic E-state index is 11.9. The zero-order valence-electron chi connectivity index (χ0n) is 14.8. The van der Waals surface area contributed by atoms with Gasteiger partial charge in [-0.25, -0.2) is 0 Å². The highest BCUT2D eigenvalue weighted by molar-refractivity contribution is 14.0. The van der Waals surface area contributed by atoms with Gasteiger partial charge in [-0.1, -0.05) is 18.2 Å². The van der Waals surface area contributed by atoms with E-state index in [1.54, 1.807) is 0 Å². The Kier molecular flexibility index (Phi) is 14.2. The second-order valence-corrected chi connectivity index (χ2v) is 5.22. The molecule has 0 bridgehead atoms. The van der Waals surface area contributed by atoms with Crippen molar-refractivity contribution in [2.45, 2.75) is 25.9 Å². The number of hydrogen-bond donors (Lipinski definition) is 2. The molecule has 0 aliphatic rings. The summed E-state index contributed by atoms with van der Waals surface area (Å²) in [4.78, 5) is 4.40. The highest BCUT2D eigenvalue weighted by Crippen LogP contribution is 2.14. The zero-order valence-corrected chi connectivity index (χ0v) is 17.2. The van der Waals surface area contributed by atoms with Crippen LogP contribution in [-0.4, -0.2) is 51.6 Å². The minimum Gasteiger partial charge on any atom is -0.494 e. The third-order valence-corrected chi connectivity index (χ3v) is 2.95. The third kappa shape index (κ3) is 14.0. The molecule has 0 atom stereocenters. The van der Waals surface area contributed by atoms with Gasteiger partial charge in [0.1, 0.15) is 12.4 Å². The number of nitrogens with zero attached hydrogens (tertiary/aromatic N) is 1. The van der Waals surface area contributed by atoms with Crippen LogP contribution in [0.2, 0.25) is 0 Å². The number of rotatable bonds is 11. The van der Waals surface area contributed by atoms with E-state index in [9.17, 15) is 13.2 Å². The van der Waals surface area contributed by atoms with Gasteiger partial charge >= 0.3 is 6.18 Å². The molecule has 5 nitrogen and oxygen atoms in total. The molecule has 2 N–H and O–H groups in total. The van der Waals surface area contributed by atoms with Crippen LogP contribution in [0.15, 0.2) is 35.3 Å². The Morgan fingerprint density at radius 2 is 1.81 bits per heavy atom. The number of para-hydroxylation sites is 1. The number of guanidine groups is 1. The summed E-state index contributed by atoms with van der Waals surface area (Å²) in [5, 5.41) is 6.15. The van der Waals surface area contributed by atoms with Gasteiger partial charge in [-0.3, -0.25) is 4.99 Å². The maximum absolute atomic E-state index is 11.9. The van der Waals surface area contributed by atoms with E-state index >= 15 is 0 Å². The number of benzene rings is 1. The van der Waals surface area contributed by atoms with Crippen molar-refractivity contribution in [2.24, 2.45) is 4.99 Å². The first-order chi connectivity index (χ1) is 12.0. The quantitative estimate of drug-likeness (QED) is 0.216. The van der Waals surface area contributed by atoms with E-state index in [1.807, 2.05) is 37.3 Å². The molecule has 26 heavy (non-hydrogen) atoms. The van der Waals surface area contributed by atoms with Gasteiger partial charge in [0.05, 0.1) is 6.61 Å². The molecule has 150 valence electrons. The van der Waals surface area contributed by atoms with Gasteiger partial charge in [0, 0.05) is 32.7 Å². The minimum absolute atomic E-state index is 0. The predicted octanol–water partition coefficient (Wildman–Crippen LogP) is 3.60. The molecule has 0 saturated carbocycles. The molecule has 0 radical (unpaired) electrons. The van der Waals surface area contributed by atoms with E-state index in [4.69, 9.17) is 4.74 Å². The summed E-state index contributed by atoms with van der Waals surface area (Å²) in [7, 11) is 0. The molecule has 1 aromatic rings. The van der Waals surface area contributed by atoms with Crippen molar-refractivity contribution in [1.82, 2.24) is 10.6 Å². The standard InChI is InChI=1S/C17H26F3N3O2.HI/c1-2-21-16(22-10-6-12-24-14-17(18,19)20)23-11-7-13-25-15-8-4-3-5-9-15;/h3-5,8-9H,2,6-7,10-14H2,1H3,(H2,21,22,23);1H. The summed E-state index contributed by atoms with van der Waals surface area (Å²) >= 11 is 0. The monoisotopic (exact) mass is 489 g/mol. The Labute approximate surface area is 169 Å². The van der Waals surface area contributed by atoms with Crippen molar-refractivity contribution in [3.8, 4) is 5.75 Å². The fraction of sp³-hybridized carbons (Fsp3) is 0.588. The minimum atomic E-state index is -4.27. The van der Waals surface area contributed by atoms with Gasteiger partial charge in [-0.2, -0.15) is 13.2 Å². The average molecular weight is 489 g/mol. The van der Waals surface area contributed by atoms with E-state index in [-0.39, 0.29) is 30.6 Å². The van der Waals surface area contributed by atoms with E-state index in [2.05, 4.69) is 20.4 Å². The maximum Gasteiger partial charge on any atom is 0.411 e. The smallest absolute Gasteiger partial charge is 0.411 e. The van der Waals surface area contributed by atoms with Gasteiger partial charge in [-0.15, -0.1) is 24.0 Å². The van der Waals surface area contributed by atoms with Gasteiger partial charge in [0.25, 0.3) is 0 Å². The summed E-state index contributed by atoms with van der Waals surface area (Å²) in [5.41, 5.74) is 0. The van der Waals surface area contributed by atoms with Crippen molar-refractivity contribution >= 4 is 29.9 Å². The van der Waals surface area contributed by atoms with Crippen molar-refractivity contribution in [3.05, 3.63) is 30.3 Å². The molecule has 1 aromatic carbocycles. The molecule has 0 unspecified atom stereocenters. The van der Waals surface area contributed by atoms with Crippen LogP contribution in [0.25, 0.3) is 0 Å². The first-order valence-corrected chi connectivity index (χ1v) is 8.36. The largest absolute Gasteiger partial charge is 0.494 e. The first-order valence-electron chi connectivity index (χ1n) is 8.36. The number of aliphatic imine (C=N–C) groups is 1.